The van der Waals surface area contributed by atoms with Gasteiger partial charge in [0.15, 0.2) is 0 Å². The lowest BCUT2D eigenvalue weighted by Gasteiger charge is -2.26. The Kier molecular flexibility index (Phi) is 2.05. The molecule has 1 saturated heterocycles. The molecule has 1 saturated carbocycles. The van der Waals surface area contributed by atoms with Crippen molar-refractivity contribution in [3.63, 3.8) is 0 Å². The summed E-state index contributed by atoms with van der Waals surface area (Å²) < 4.78 is 0. The molecule has 3 heteroatoms. The van der Waals surface area contributed by atoms with Crippen LogP contribution in [0.2, 0.25) is 0 Å². The lowest BCUT2D eigenvalue weighted by atomic mass is 9.80. The maximum atomic E-state index is 11.0. The number of carbonyl (C=O) groups is 1. The minimum absolute atomic E-state index is 0.107. The van der Waals surface area contributed by atoms with Gasteiger partial charge in [-0.25, -0.2) is 0 Å². The van der Waals surface area contributed by atoms with E-state index in [0.29, 0.717) is 12.0 Å². The number of hydrogen-bond donors (Lipinski definition) is 2. The summed E-state index contributed by atoms with van der Waals surface area (Å²) in [6.07, 6.45) is 4.99. The number of hydrogen-bond acceptors (Lipinski definition) is 2. The monoisotopic (exact) mass is 168 g/mol. The third-order valence-corrected chi connectivity index (χ3v) is 3.30. The Hall–Kier alpha value is -0.570. The Morgan fingerprint density at radius 2 is 2.08 bits per heavy atom. The van der Waals surface area contributed by atoms with Crippen LogP contribution in [0.25, 0.3) is 0 Å². The summed E-state index contributed by atoms with van der Waals surface area (Å²) in [4.78, 5) is 11.0. The van der Waals surface area contributed by atoms with Crippen LogP contribution in [0.1, 0.15) is 25.7 Å². The first-order chi connectivity index (χ1) is 5.79. The molecule has 0 aromatic heterocycles. The van der Waals surface area contributed by atoms with Gasteiger partial charge in [-0.2, -0.15) is 0 Å². The average molecular weight is 168 g/mol. The number of nitrogens with one attached hydrogen (secondary N) is 1. The maximum absolute atomic E-state index is 11.0. The Balaban J connectivity index is 2.05. The molecule has 3 atom stereocenters. The number of carbonyl (C=O) groups excluding carboxylic acids is 1. The van der Waals surface area contributed by atoms with Crippen LogP contribution in [0.3, 0.4) is 0 Å². The van der Waals surface area contributed by atoms with Crippen LogP contribution in [0.15, 0.2) is 0 Å². The van der Waals surface area contributed by atoms with E-state index in [2.05, 4.69) is 5.32 Å². The van der Waals surface area contributed by atoms with Gasteiger partial charge in [0.1, 0.15) is 0 Å². The summed E-state index contributed by atoms with van der Waals surface area (Å²) >= 11 is 0. The minimum atomic E-state index is -0.114. The molecule has 0 bridgehead atoms. The molecule has 0 spiro atoms. The van der Waals surface area contributed by atoms with E-state index in [1.165, 1.54) is 25.7 Å². The quantitative estimate of drug-likeness (QED) is 0.589. The first-order valence-corrected chi connectivity index (χ1v) is 4.82. The Morgan fingerprint density at radius 1 is 1.33 bits per heavy atom. The molecule has 1 amide bonds. The van der Waals surface area contributed by atoms with Crippen LogP contribution in [0.4, 0.5) is 0 Å². The molecule has 0 aromatic carbocycles. The Morgan fingerprint density at radius 3 is 2.83 bits per heavy atom. The molecule has 0 aromatic rings. The van der Waals surface area contributed by atoms with Gasteiger partial charge in [0.25, 0.3) is 0 Å². The molecule has 1 aliphatic carbocycles. The predicted molar refractivity (Wildman–Crippen MR) is 46.4 cm³/mol. The molecule has 2 aliphatic rings. The zero-order chi connectivity index (χ0) is 8.55. The van der Waals surface area contributed by atoms with Gasteiger partial charge in [-0.15, -0.1) is 0 Å². The number of fused-ring (bicyclic) bond motifs is 1. The highest BCUT2D eigenvalue weighted by atomic mass is 16.1. The third kappa shape index (κ3) is 1.22. The van der Waals surface area contributed by atoms with Gasteiger partial charge in [-0.3, -0.25) is 4.79 Å². The summed E-state index contributed by atoms with van der Waals surface area (Å²) in [6, 6.07) is 0.580. The molecule has 3 N–H and O–H groups in total. The molecule has 3 nitrogen and oxygen atoms in total. The topological polar surface area (TPSA) is 55.1 Å². The Labute approximate surface area is 72.7 Å². The molecule has 1 aliphatic heterocycles. The first-order valence-electron chi connectivity index (χ1n) is 4.82. The highest BCUT2D eigenvalue weighted by Crippen LogP contribution is 2.34. The normalized spacial score (nSPS) is 40.8. The van der Waals surface area contributed by atoms with Crippen LogP contribution in [0.5, 0.6) is 0 Å². The number of amides is 1. The summed E-state index contributed by atoms with van der Waals surface area (Å²) in [5.41, 5.74) is 5.33. The van der Waals surface area contributed by atoms with Crippen molar-refractivity contribution in [1.29, 1.82) is 0 Å². The zero-order valence-electron chi connectivity index (χ0n) is 7.25. The summed E-state index contributed by atoms with van der Waals surface area (Å²) in [5, 5.41) is 3.39. The van der Waals surface area contributed by atoms with Gasteiger partial charge in [-0.1, -0.05) is 12.8 Å². The van der Waals surface area contributed by atoms with Crippen molar-refractivity contribution in [3.05, 3.63) is 0 Å². The van der Waals surface area contributed by atoms with Crippen molar-refractivity contribution >= 4 is 5.91 Å². The fraction of sp³-hybridized carbons (Fsp3) is 0.889. The van der Waals surface area contributed by atoms with Gasteiger partial charge in [0.05, 0.1) is 5.92 Å². The summed E-state index contributed by atoms with van der Waals surface area (Å²) in [7, 11) is 0. The molecule has 2 rings (SSSR count). The standard InChI is InChI=1S/C9H16N2O/c10-9(12)7-5-11-8-4-2-1-3-6(7)8/h6-8,11H,1-5H2,(H2,10,12)/t6-,7+,8-/m0/s1. The molecular weight excluding hydrogens is 152 g/mol. The van der Waals surface area contributed by atoms with Gasteiger partial charge in [-0.05, 0) is 18.8 Å². The third-order valence-electron chi connectivity index (χ3n) is 3.30. The lowest BCUT2D eigenvalue weighted by molar-refractivity contribution is -0.122. The van der Waals surface area contributed by atoms with E-state index in [9.17, 15) is 4.79 Å². The smallest absolute Gasteiger partial charge is 0.222 e. The summed E-state index contributed by atoms with van der Waals surface area (Å²) in [6.45, 7) is 0.810. The molecule has 1 heterocycles. The minimum Gasteiger partial charge on any atom is -0.369 e. The molecule has 0 unspecified atom stereocenters. The van der Waals surface area contributed by atoms with E-state index in [1.807, 2.05) is 0 Å². The Bertz CT molecular complexity index is 193. The van der Waals surface area contributed by atoms with Crippen molar-refractivity contribution < 1.29 is 4.79 Å². The second-order valence-corrected chi connectivity index (χ2v) is 3.97. The van der Waals surface area contributed by atoms with E-state index in [-0.39, 0.29) is 11.8 Å². The maximum Gasteiger partial charge on any atom is 0.222 e. The molecular formula is C9H16N2O. The van der Waals surface area contributed by atoms with Crippen molar-refractivity contribution in [2.45, 2.75) is 31.7 Å². The van der Waals surface area contributed by atoms with E-state index >= 15 is 0 Å². The van der Waals surface area contributed by atoms with Crippen LogP contribution < -0.4 is 11.1 Å². The second-order valence-electron chi connectivity index (χ2n) is 3.97. The van der Waals surface area contributed by atoms with Crippen LogP contribution >= 0.6 is 0 Å². The van der Waals surface area contributed by atoms with Crippen molar-refractivity contribution in [3.8, 4) is 0 Å². The first kappa shape index (κ1) is 8.05. The van der Waals surface area contributed by atoms with E-state index in [4.69, 9.17) is 5.73 Å². The van der Waals surface area contributed by atoms with Gasteiger partial charge in [0, 0.05) is 12.6 Å². The largest absolute Gasteiger partial charge is 0.369 e. The van der Waals surface area contributed by atoms with Crippen LogP contribution in [-0.2, 0) is 4.79 Å². The van der Waals surface area contributed by atoms with E-state index < -0.39 is 0 Å². The van der Waals surface area contributed by atoms with Gasteiger partial charge < -0.3 is 11.1 Å². The second kappa shape index (κ2) is 3.05. The van der Waals surface area contributed by atoms with Gasteiger partial charge >= 0.3 is 0 Å². The predicted octanol–water partition coefficient (Wildman–Crippen LogP) is 0.250. The SMILES string of the molecule is NC(=O)[C@@H]1CN[C@H]2CCCC[C@H]21. The van der Waals surface area contributed by atoms with Gasteiger partial charge in [0.2, 0.25) is 5.91 Å². The zero-order valence-corrected chi connectivity index (χ0v) is 7.25. The molecule has 12 heavy (non-hydrogen) atoms. The lowest BCUT2D eigenvalue weighted by Crippen LogP contribution is -2.33. The molecule has 68 valence electrons. The van der Waals surface area contributed by atoms with E-state index in [0.717, 1.165) is 6.54 Å². The van der Waals surface area contributed by atoms with Crippen molar-refractivity contribution in [2.24, 2.45) is 17.6 Å². The fourth-order valence-corrected chi connectivity index (χ4v) is 2.64. The highest BCUT2D eigenvalue weighted by molar-refractivity contribution is 5.77. The molecule has 0 radical (unpaired) electrons. The highest BCUT2D eigenvalue weighted by Gasteiger charge is 2.39. The number of primary amides is 1. The summed E-state index contributed by atoms with van der Waals surface area (Å²) in [5.74, 6) is 0.531. The number of rotatable bonds is 1. The van der Waals surface area contributed by atoms with Crippen molar-refractivity contribution in [2.75, 3.05) is 6.54 Å². The average Bonchev–Trinajstić information content (AvgIpc) is 2.47. The van der Waals surface area contributed by atoms with E-state index in [1.54, 1.807) is 0 Å². The van der Waals surface area contributed by atoms with Crippen LogP contribution in [-0.4, -0.2) is 18.5 Å². The fourth-order valence-electron chi connectivity index (χ4n) is 2.64. The molecule has 2 fully saturated rings. The van der Waals surface area contributed by atoms with Crippen LogP contribution in [0, 0.1) is 11.8 Å². The van der Waals surface area contributed by atoms with Crippen molar-refractivity contribution in [1.82, 2.24) is 5.32 Å². The number of nitrogens with two attached hydrogens (primary N) is 1.